The van der Waals surface area contributed by atoms with E-state index in [0.717, 1.165) is 28.6 Å². The quantitative estimate of drug-likeness (QED) is 0.744. The molecule has 1 amide bonds. The predicted molar refractivity (Wildman–Crippen MR) is 80.2 cm³/mol. The van der Waals surface area contributed by atoms with Gasteiger partial charge in [-0.15, -0.1) is 0 Å². The number of carbonyl (C=O) groups is 1. The van der Waals surface area contributed by atoms with E-state index < -0.39 is 0 Å². The molecule has 17 heavy (non-hydrogen) atoms. The minimum Gasteiger partial charge on any atom is -0.339 e. The molecule has 1 aromatic carbocycles. The van der Waals surface area contributed by atoms with Gasteiger partial charge in [-0.1, -0.05) is 32.4 Å². The zero-order chi connectivity index (χ0) is 12.8. The molecule has 3 heteroatoms. The molecule has 0 N–H and O–H groups in total. The second-order valence-corrected chi connectivity index (χ2v) is 5.50. The fourth-order valence-electron chi connectivity index (χ4n) is 1.67. The molecule has 0 radical (unpaired) electrons. The molecule has 2 nitrogen and oxygen atoms in total. The monoisotopic (exact) mass is 345 g/mol. The molecular formula is C14H20INO. The highest BCUT2D eigenvalue weighted by Crippen LogP contribution is 2.15. The maximum absolute atomic E-state index is 12.4. The molecule has 1 aromatic rings. The molecule has 94 valence electrons. The maximum Gasteiger partial charge on any atom is 0.254 e. The lowest BCUT2D eigenvalue weighted by Crippen LogP contribution is -2.34. The van der Waals surface area contributed by atoms with Crippen molar-refractivity contribution in [3.8, 4) is 0 Å². The first-order valence-electron chi connectivity index (χ1n) is 6.13. The summed E-state index contributed by atoms with van der Waals surface area (Å²) in [4.78, 5) is 14.3. The molecule has 0 aliphatic rings. The third-order valence-corrected chi connectivity index (χ3v) is 3.94. The first-order chi connectivity index (χ1) is 8.10. The topological polar surface area (TPSA) is 20.3 Å². The number of hydrogen-bond donors (Lipinski definition) is 0. The van der Waals surface area contributed by atoms with Crippen LogP contribution >= 0.6 is 22.6 Å². The lowest BCUT2D eigenvalue weighted by atomic mass is 10.1. The van der Waals surface area contributed by atoms with Gasteiger partial charge in [0, 0.05) is 16.7 Å². The van der Waals surface area contributed by atoms with E-state index in [1.165, 1.54) is 0 Å². The van der Waals surface area contributed by atoms with Gasteiger partial charge in [0.25, 0.3) is 5.91 Å². The number of rotatable bonds is 5. The van der Waals surface area contributed by atoms with Gasteiger partial charge in [-0.25, -0.2) is 0 Å². The fraction of sp³-hybridized carbons (Fsp3) is 0.500. The fourth-order valence-corrected chi connectivity index (χ4v) is 2.28. The first kappa shape index (κ1) is 14.5. The van der Waals surface area contributed by atoms with E-state index in [1.807, 2.05) is 36.1 Å². The number of halogens is 1. The van der Waals surface area contributed by atoms with E-state index in [1.54, 1.807) is 0 Å². The van der Waals surface area contributed by atoms with E-state index in [9.17, 15) is 4.79 Å². The molecule has 0 bridgehead atoms. The van der Waals surface area contributed by atoms with Crippen molar-refractivity contribution < 1.29 is 4.79 Å². The van der Waals surface area contributed by atoms with Crippen LogP contribution in [-0.4, -0.2) is 23.9 Å². The van der Waals surface area contributed by atoms with E-state index >= 15 is 0 Å². The summed E-state index contributed by atoms with van der Waals surface area (Å²) in [6.07, 6.45) is 1.11. The van der Waals surface area contributed by atoms with E-state index in [-0.39, 0.29) is 5.91 Å². The normalized spacial score (nSPS) is 12.2. The lowest BCUT2D eigenvalue weighted by molar-refractivity contribution is 0.0740. The SMILES string of the molecule is CCC(C)CN(CC)C(=O)c1ccccc1I. The third-order valence-electron chi connectivity index (χ3n) is 3.00. The predicted octanol–water partition coefficient (Wildman–Crippen LogP) is 3.80. The Balaban J connectivity index is 2.83. The average Bonchev–Trinajstić information content (AvgIpc) is 2.35. The summed E-state index contributed by atoms with van der Waals surface area (Å²) in [6, 6.07) is 7.77. The van der Waals surface area contributed by atoms with Crippen LogP contribution in [-0.2, 0) is 0 Å². The van der Waals surface area contributed by atoms with Gasteiger partial charge in [0.05, 0.1) is 5.56 Å². The Morgan fingerprint density at radius 1 is 1.35 bits per heavy atom. The van der Waals surface area contributed by atoms with Gasteiger partial charge in [0.15, 0.2) is 0 Å². The van der Waals surface area contributed by atoms with Gasteiger partial charge in [0.1, 0.15) is 0 Å². The smallest absolute Gasteiger partial charge is 0.254 e. The summed E-state index contributed by atoms with van der Waals surface area (Å²) >= 11 is 2.22. The summed E-state index contributed by atoms with van der Waals surface area (Å²) in [6.45, 7) is 8.00. The lowest BCUT2D eigenvalue weighted by Gasteiger charge is -2.24. The Morgan fingerprint density at radius 3 is 2.53 bits per heavy atom. The molecule has 0 aromatic heterocycles. The molecule has 1 unspecified atom stereocenters. The summed E-state index contributed by atoms with van der Waals surface area (Å²) in [5.74, 6) is 0.707. The van der Waals surface area contributed by atoms with Crippen LogP contribution in [0.4, 0.5) is 0 Å². The molecule has 0 aliphatic carbocycles. The Morgan fingerprint density at radius 2 is 2.00 bits per heavy atom. The van der Waals surface area contributed by atoms with Gasteiger partial charge < -0.3 is 4.90 Å². The van der Waals surface area contributed by atoms with Crippen molar-refractivity contribution in [2.75, 3.05) is 13.1 Å². The largest absolute Gasteiger partial charge is 0.339 e. The Labute approximate surface area is 118 Å². The second-order valence-electron chi connectivity index (χ2n) is 4.34. The van der Waals surface area contributed by atoms with E-state index in [4.69, 9.17) is 0 Å². The summed E-state index contributed by atoms with van der Waals surface area (Å²) < 4.78 is 1.03. The minimum atomic E-state index is 0.151. The van der Waals surface area contributed by atoms with Crippen LogP contribution in [0, 0.1) is 9.49 Å². The van der Waals surface area contributed by atoms with Crippen molar-refractivity contribution in [2.24, 2.45) is 5.92 Å². The van der Waals surface area contributed by atoms with Crippen molar-refractivity contribution in [1.29, 1.82) is 0 Å². The first-order valence-corrected chi connectivity index (χ1v) is 7.21. The summed E-state index contributed by atoms with van der Waals surface area (Å²) in [5, 5.41) is 0. The van der Waals surface area contributed by atoms with Gasteiger partial charge in [-0.05, 0) is 47.6 Å². The summed E-state index contributed by atoms with van der Waals surface area (Å²) in [7, 11) is 0. The highest BCUT2D eigenvalue weighted by molar-refractivity contribution is 14.1. The second kappa shape index (κ2) is 6.99. The summed E-state index contributed by atoms with van der Waals surface area (Å²) in [5.41, 5.74) is 0.818. The number of carbonyl (C=O) groups excluding carboxylic acids is 1. The highest BCUT2D eigenvalue weighted by atomic mass is 127. The highest BCUT2D eigenvalue weighted by Gasteiger charge is 2.17. The Hall–Kier alpha value is -0.580. The molecule has 1 atom stereocenters. The molecule has 0 spiro atoms. The standard InChI is InChI=1S/C14H20INO/c1-4-11(3)10-16(5-2)14(17)12-8-6-7-9-13(12)15/h6-9,11H,4-5,10H2,1-3H3. The molecule has 0 aliphatic heterocycles. The van der Waals surface area contributed by atoms with Crippen molar-refractivity contribution in [3.05, 3.63) is 33.4 Å². The van der Waals surface area contributed by atoms with E-state index in [2.05, 4.69) is 36.4 Å². The molecule has 0 saturated carbocycles. The van der Waals surface area contributed by atoms with E-state index in [0.29, 0.717) is 5.92 Å². The van der Waals surface area contributed by atoms with Gasteiger partial charge in [0.2, 0.25) is 0 Å². The number of amides is 1. The van der Waals surface area contributed by atoms with Crippen molar-refractivity contribution in [2.45, 2.75) is 27.2 Å². The Bertz CT molecular complexity index is 378. The molecule has 0 fully saturated rings. The average molecular weight is 345 g/mol. The van der Waals surface area contributed by atoms with Crippen LogP contribution in [0.15, 0.2) is 24.3 Å². The molecule has 0 heterocycles. The van der Waals surface area contributed by atoms with Crippen LogP contribution in [0.5, 0.6) is 0 Å². The zero-order valence-electron chi connectivity index (χ0n) is 10.7. The third kappa shape index (κ3) is 3.98. The molecule has 1 rings (SSSR count). The maximum atomic E-state index is 12.4. The number of benzene rings is 1. The van der Waals surface area contributed by atoms with Crippen LogP contribution in [0.1, 0.15) is 37.6 Å². The zero-order valence-corrected chi connectivity index (χ0v) is 12.9. The van der Waals surface area contributed by atoms with Crippen LogP contribution in [0.25, 0.3) is 0 Å². The number of nitrogens with zero attached hydrogens (tertiary/aromatic N) is 1. The van der Waals surface area contributed by atoms with Gasteiger partial charge >= 0.3 is 0 Å². The van der Waals surface area contributed by atoms with Crippen molar-refractivity contribution >= 4 is 28.5 Å². The van der Waals surface area contributed by atoms with Crippen LogP contribution in [0.3, 0.4) is 0 Å². The van der Waals surface area contributed by atoms with Crippen LogP contribution in [0.2, 0.25) is 0 Å². The minimum absolute atomic E-state index is 0.151. The van der Waals surface area contributed by atoms with Crippen LogP contribution < -0.4 is 0 Å². The van der Waals surface area contributed by atoms with Gasteiger partial charge in [-0.3, -0.25) is 4.79 Å². The van der Waals surface area contributed by atoms with Gasteiger partial charge in [-0.2, -0.15) is 0 Å². The molecule has 0 saturated heterocycles. The van der Waals surface area contributed by atoms with Crippen molar-refractivity contribution in [1.82, 2.24) is 4.90 Å². The van der Waals surface area contributed by atoms with Crippen molar-refractivity contribution in [3.63, 3.8) is 0 Å². The number of hydrogen-bond acceptors (Lipinski definition) is 1. The molecular weight excluding hydrogens is 325 g/mol. The Kier molecular flexibility index (Phi) is 5.95.